The molecule has 150 valence electrons. The third-order valence-corrected chi connectivity index (χ3v) is 6.51. The summed E-state index contributed by atoms with van der Waals surface area (Å²) in [4.78, 5) is 29.8. The molecule has 4 rings (SSSR count). The van der Waals surface area contributed by atoms with Crippen molar-refractivity contribution < 1.29 is 18.9 Å². The Hall–Kier alpha value is -3.16. The fraction of sp³-hybridized carbons (Fsp3) is 0.0870. The van der Waals surface area contributed by atoms with Crippen molar-refractivity contribution in [3.8, 4) is 0 Å². The average molecular weight is 436 g/mol. The number of aliphatic carboxylic acids is 1. The van der Waals surface area contributed by atoms with Crippen LogP contribution in [0.2, 0.25) is 0 Å². The minimum Gasteiger partial charge on any atom is -0.481 e. The number of carboxylic acid groups (broad SMARTS) is 1. The molecule has 0 radical (unpaired) electrons. The number of rotatable bonds is 7. The van der Waals surface area contributed by atoms with Gasteiger partial charge < -0.3 is 9.29 Å². The van der Waals surface area contributed by atoms with Crippen LogP contribution < -0.4 is 0 Å². The molecule has 0 saturated heterocycles. The third kappa shape index (κ3) is 3.94. The Morgan fingerprint density at radius 1 is 0.900 bits per heavy atom. The number of carbonyl (C=O) groups is 2. The van der Waals surface area contributed by atoms with Crippen molar-refractivity contribution in [2.75, 3.05) is 0 Å². The van der Waals surface area contributed by atoms with Crippen LogP contribution in [-0.4, -0.2) is 22.0 Å². The first kappa shape index (κ1) is 20.1. The van der Waals surface area contributed by atoms with E-state index in [-0.39, 0.29) is 0 Å². The van der Waals surface area contributed by atoms with Crippen LogP contribution in [0, 0.1) is 0 Å². The zero-order valence-corrected chi connectivity index (χ0v) is 17.4. The lowest BCUT2D eigenvalue weighted by Gasteiger charge is -2.30. The second-order valence-electron chi connectivity index (χ2n) is 6.61. The number of carboxylic acids is 1. The number of benzene rings is 3. The van der Waals surface area contributed by atoms with Crippen molar-refractivity contribution in [2.45, 2.75) is 16.2 Å². The van der Waals surface area contributed by atoms with Gasteiger partial charge in [-0.1, -0.05) is 72.8 Å². The molecule has 0 fully saturated rings. The standard InChI is InChI=1S/C23H17NO4S2/c25-20(26)15-23(16-9-3-1-4-10-16,17-11-5-2-6-12-17)21(27)28-30-22-24-18-13-7-8-14-19(18)29-22/h1-14H,15H2,(H,25,26). The minimum absolute atomic E-state index is 0.430. The first-order chi connectivity index (χ1) is 14.6. The van der Waals surface area contributed by atoms with Gasteiger partial charge in [-0.25, -0.2) is 9.78 Å². The molecule has 7 heteroatoms. The average Bonchev–Trinajstić information content (AvgIpc) is 3.20. The topological polar surface area (TPSA) is 76.5 Å². The zero-order chi connectivity index (χ0) is 21.0. The first-order valence-electron chi connectivity index (χ1n) is 9.17. The summed E-state index contributed by atoms with van der Waals surface area (Å²) in [5.41, 5.74) is 0.476. The van der Waals surface area contributed by atoms with Crippen LogP contribution in [0.4, 0.5) is 0 Å². The molecule has 1 heterocycles. The van der Waals surface area contributed by atoms with Gasteiger partial charge in [-0.05, 0) is 23.3 Å². The molecule has 1 aromatic heterocycles. The summed E-state index contributed by atoms with van der Waals surface area (Å²) in [6, 6.07) is 25.4. The quantitative estimate of drug-likeness (QED) is 0.397. The molecule has 0 atom stereocenters. The predicted molar refractivity (Wildman–Crippen MR) is 117 cm³/mol. The van der Waals surface area contributed by atoms with Crippen molar-refractivity contribution in [1.82, 2.24) is 4.98 Å². The van der Waals surface area contributed by atoms with Crippen LogP contribution in [0.15, 0.2) is 89.3 Å². The fourth-order valence-electron chi connectivity index (χ4n) is 3.38. The van der Waals surface area contributed by atoms with E-state index in [2.05, 4.69) is 4.98 Å². The highest BCUT2D eigenvalue weighted by atomic mass is 32.2. The molecule has 0 aliphatic carbocycles. The molecule has 5 nitrogen and oxygen atoms in total. The van der Waals surface area contributed by atoms with E-state index in [1.807, 2.05) is 36.4 Å². The lowest BCUT2D eigenvalue weighted by Crippen LogP contribution is -2.40. The van der Waals surface area contributed by atoms with E-state index >= 15 is 0 Å². The summed E-state index contributed by atoms with van der Waals surface area (Å²) in [6.07, 6.45) is -0.430. The smallest absolute Gasteiger partial charge is 0.334 e. The van der Waals surface area contributed by atoms with Gasteiger partial charge in [0, 0.05) is 0 Å². The van der Waals surface area contributed by atoms with Gasteiger partial charge >= 0.3 is 11.9 Å². The van der Waals surface area contributed by atoms with Gasteiger partial charge in [0.15, 0.2) is 4.34 Å². The van der Waals surface area contributed by atoms with Crippen LogP contribution in [0.25, 0.3) is 10.2 Å². The number of hydrogen-bond donors (Lipinski definition) is 1. The van der Waals surface area contributed by atoms with Crippen molar-refractivity contribution in [3.05, 3.63) is 96.1 Å². The molecule has 0 spiro atoms. The molecule has 30 heavy (non-hydrogen) atoms. The molecule has 0 bridgehead atoms. The van der Waals surface area contributed by atoms with E-state index in [1.54, 1.807) is 48.5 Å². The minimum atomic E-state index is -1.47. The molecule has 1 N–H and O–H groups in total. The number of aromatic nitrogens is 1. The lowest BCUT2D eigenvalue weighted by molar-refractivity contribution is -0.146. The molecule has 4 aromatic rings. The Labute approximate surface area is 181 Å². The monoisotopic (exact) mass is 435 g/mol. The molecule has 0 unspecified atom stereocenters. The van der Waals surface area contributed by atoms with E-state index < -0.39 is 23.8 Å². The highest BCUT2D eigenvalue weighted by Gasteiger charge is 2.46. The van der Waals surface area contributed by atoms with E-state index in [0.717, 1.165) is 22.3 Å². The van der Waals surface area contributed by atoms with E-state index in [9.17, 15) is 14.7 Å². The molecule has 0 saturated carbocycles. The van der Waals surface area contributed by atoms with Gasteiger partial charge in [0.1, 0.15) is 17.5 Å². The Balaban J connectivity index is 1.72. The Bertz CT molecular complexity index is 1100. The molecular weight excluding hydrogens is 418 g/mol. The van der Waals surface area contributed by atoms with Crippen LogP contribution in [0.1, 0.15) is 17.5 Å². The van der Waals surface area contributed by atoms with Gasteiger partial charge in [0.05, 0.1) is 16.6 Å². The molecular formula is C23H17NO4S2. The molecule has 0 aliphatic rings. The maximum atomic E-state index is 13.5. The molecule has 0 aliphatic heterocycles. The van der Waals surface area contributed by atoms with Crippen molar-refractivity contribution >= 4 is 45.5 Å². The predicted octanol–water partition coefficient (Wildman–Crippen LogP) is 5.31. The highest BCUT2D eigenvalue weighted by Crippen LogP contribution is 2.40. The number of para-hydroxylation sites is 1. The third-order valence-electron chi connectivity index (χ3n) is 4.76. The van der Waals surface area contributed by atoms with Crippen LogP contribution in [0.5, 0.6) is 0 Å². The van der Waals surface area contributed by atoms with E-state index in [4.69, 9.17) is 4.18 Å². The SMILES string of the molecule is O=C(O)CC(C(=O)OSc1nc2ccccc2s1)(c1ccccc1)c1ccccc1. The first-order valence-corrected chi connectivity index (χ1v) is 10.7. The Kier molecular flexibility index (Phi) is 5.83. The number of hydrogen-bond acceptors (Lipinski definition) is 6. The normalized spacial score (nSPS) is 11.3. The van der Waals surface area contributed by atoms with E-state index in [0.29, 0.717) is 15.5 Å². The van der Waals surface area contributed by atoms with E-state index in [1.165, 1.54) is 11.3 Å². The summed E-state index contributed by atoms with van der Waals surface area (Å²) >= 11 is 2.28. The maximum absolute atomic E-state index is 13.5. The van der Waals surface area contributed by atoms with Gasteiger partial charge in [0.25, 0.3) is 0 Å². The van der Waals surface area contributed by atoms with Gasteiger partial charge in [-0.15, -0.1) is 11.3 Å². The second kappa shape index (κ2) is 8.69. The summed E-state index contributed by atoms with van der Waals surface area (Å²) in [7, 11) is 0. The molecule has 3 aromatic carbocycles. The summed E-state index contributed by atoms with van der Waals surface area (Å²) in [5.74, 6) is -1.74. The largest absolute Gasteiger partial charge is 0.481 e. The highest BCUT2D eigenvalue weighted by molar-refractivity contribution is 7.97. The Morgan fingerprint density at radius 2 is 1.47 bits per heavy atom. The number of thiazole rings is 1. The van der Waals surface area contributed by atoms with Crippen molar-refractivity contribution in [3.63, 3.8) is 0 Å². The summed E-state index contributed by atoms with van der Waals surface area (Å²) in [6.45, 7) is 0. The number of fused-ring (bicyclic) bond motifs is 1. The maximum Gasteiger partial charge on any atom is 0.334 e. The number of nitrogens with zero attached hydrogens (tertiary/aromatic N) is 1. The summed E-state index contributed by atoms with van der Waals surface area (Å²) < 4.78 is 7.16. The fourth-order valence-corrected chi connectivity index (χ4v) is 5.01. The molecule has 0 amide bonds. The van der Waals surface area contributed by atoms with Crippen LogP contribution in [-0.2, 0) is 19.2 Å². The van der Waals surface area contributed by atoms with Crippen molar-refractivity contribution in [1.29, 1.82) is 0 Å². The van der Waals surface area contributed by atoms with Gasteiger partial charge in [-0.3, -0.25) is 4.79 Å². The van der Waals surface area contributed by atoms with Gasteiger partial charge in [0.2, 0.25) is 0 Å². The zero-order valence-electron chi connectivity index (χ0n) is 15.7. The van der Waals surface area contributed by atoms with Crippen LogP contribution in [0.3, 0.4) is 0 Å². The lowest BCUT2D eigenvalue weighted by atomic mass is 9.72. The van der Waals surface area contributed by atoms with Crippen LogP contribution >= 0.6 is 23.4 Å². The van der Waals surface area contributed by atoms with Gasteiger partial charge in [-0.2, -0.15) is 0 Å². The second-order valence-corrected chi connectivity index (χ2v) is 8.62. The van der Waals surface area contributed by atoms with Crippen molar-refractivity contribution in [2.24, 2.45) is 0 Å². The summed E-state index contributed by atoms with van der Waals surface area (Å²) in [5, 5.41) is 9.68. The number of carbonyl (C=O) groups excluding carboxylic acids is 1. The Morgan fingerprint density at radius 3 is 2.03 bits per heavy atom.